The summed E-state index contributed by atoms with van der Waals surface area (Å²) in [5, 5.41) is 1.92. The molecular weight excluding hydrogens is 341 g/mol. The number of hydrogen-bond acceptors (Lipinski definition) is 5. The first-order chi connectivity index (χ1) is 11.4. The Bertz CT molecular complexity index is 697. The average molecular weight is 356 g/mol. The highest BCUT2D eigenvalue weighted by molar-refractivity contribution is 7.10. The molecule has 1 aliphatic rings. The zero-order valence-corrected chi connectivity index (χ0v) is 13.5. The monoisotopic (exact) mass is 356 g/mol. The molecule has 1 saturated heterocycles. The number of carbonyl (C=O) groups is 1. The van der Waals surface area contributed by atoms with Crippen molar-refractivity contribution in [1.82, 2.24) is 14.9 Å². The summed E-state index contributed by atoms with van der Waals surface area (Å²) in [5.41, 5.74) is -0.955. The summed E-state index contributed by atoms with van der Waals surface area (Å²) in [7, 11) is 0. The van der Waals surface area contributed by atoms with Crippen LogP contribution in [0.25, 0.3) is 0 Å². The molecule has 0 aromatic carbocycles. The van der Waals surface area contributed by atoms with Crippen LogP contribution in [0.2, 0.25) is 0 Å². The third-order valence-corrected chi connectivity index (χ3v) is 4.68. The number of alkyl halides is 3. The van der Waals surface area contributed by atoms with Crippen molar-refractivity contribution in [1.29, 1.82) is 0 Å². The second kappa shape index (κ2) is 6.76. The number of halogens is 3. The maximum atomic E-state index is 12.7. The molecule has 2 aromatic rings. The molecule has 2 aromatic heterocycles. The van der Waals surface area contributed by atoms with E-state index in [2.05, 4.69) is 9.97 Å². The lowest BCUT2D eigenvalue weighted by Crippen LogP contribution is -2.49. The van der Waals surface area contributed by atoms with Crippen LogP contribution in [0.4, 0.5) is 19.0 Å². The predicted molar refractivity (Wildman–Crippen MR) is 83.9 cm³/mol. The SMILES string of the molecule is O=C(Cc1cccs1)N1CCN(c2cc(C(F)(F)F)ncn2)CC1. The molecule has 0 unspecified atom stereocenters. The van der Waals surface area contributed by atoms with Crippen LogP contribution in [0, 0.1) is 0 Å². The standard InChI is InChI=1S/C15H15F3N4OS/c16-15(17,18)12-9-13(20-10-19-12)21-3-5-22(6-4-21)14(23)8-11-2-1-7-24-11/h1-2,7,9-10H,3-6,8H2. The van der Waals surface area contributed by atoms with Crippen LogP contribution in [0.15, 0.2) is 29.9 Å². The summed E-state index contributed by atoms with van der Waals surface area (Å²) in [4.78, 5) is 23.9. The minimum absolute atomic E-state index is 0.0377. The van der Waals surface area contributed by atoms with Crippen molar-refractivity contribution in [2.45, 2.75) is 12.6 Å². The average Bonchev–Trinajstić information content (AvgIpc) is 3.07. The number of rotatable bonds is 3. The maximum Gasteiger partial charge on any atom is 0.433 e. The first-order valence-corrected chi connectivity index (χ1v) is 8.26. The highest BCUT2D eigenvalue weighted by Crippen LogP contribution is 2.29. The zero-order valence-electron chi connectivity index (χ0n) is 12.7. The van der Waals surface area contributed by atoms with E-state index in [1.165, 1.54) is 11.3 Å². The molecule has 0 spiro atoms. The van der Waals surface area contributed by atoms with Crippen LogP contribution in [-0.2, 0) is 17.4 Å². The van der Waals surface area contributed by atoms with E-state index in [1.54, 1.807) is 9.80 Å². The van der Waals surface area contributed by atoms with E-state index in [9.17, 15) is 18.0 Å². The smallest absolute Gasteiger partial charge is 0.353 e. The number of nitrogens with zero attached hydrogens (tertiary/aromatic N) is 4. The molecule has 128 valence electrons. The summed E-state index contributed by atoms with van der Waals surface area (Å²) < 4.78 is 38.2. The highest BCUT2D eigenvalue weighted by atomic mass is 32.1. The van der Waals surface area contributed by atoms with Gasteiger partial charge in [0, 0.05) is 37.1 Å². The molecule has 1 amide bonds. The molecule has 0 atom stereocenters. The lowest BCUT2D eigenvalue weighted by molar-refractivity contribution is -0.141. The minimum Gasteiger partial charge on any atom is -0.353 e. The van der Waals surface area contributed by atoms with Gasteiger partial charge in [0.25, 0.3) is 0 Å². The fourth-order valence-corrected chi connectivity index (χ4v) is 3.23. The van der Waals surface area contributed by atoms with Gasteiger partial charge in [-0.25, -0.2) is 9.97 Å². The fraction of sp³-hybridized carbons (Fsp3) is 0.400. The van der Waals surface area contributed by atoms with E-state index in [-0.39, 0.29) is 11.7 Å². The number of anilines is 1. The summed E-state index contributed by atoms with van der Waals surface area (Å²) >= 11 is 1.54. The molecule has 5 nitrogen and oxygen atoms in total. The van der Waals surface area contributed by atoms with Gasteiger partial charge in [-0.05, 0) is 11.4 Å². The van der Waals surface area contributed by atoms with Crippen molar-refractivity contribution in [2.24, 2.45) is 0 Å². The van der Waals surface area contributed by atoms with Gasteiger partial charge in [-0.15, -0.1) is 11.3 Å². The summed E-state index contributed by atoms with van der Waals surface area (Å²) in [6.07, 6.45) is -3.20. The van der Waals surface area contributed by atoms with E-state index in [4.69, 9.17) is 0 Å². The molecule has 0 saturated carbocycles. The van der Waals surface area contributed by atoms with E-state index in [0.29, 0.717) is 32.6 Å². The van der Waals surface area contributed by atoms with Crippen LogP contribution in [-0.4, -0.2) is 47.0 Å². The van der Waals surface area contributed by atoms with Gasteiger partial charge in [-0.1, -0.05) is 6.07 Å². The quantitative estimate of drug-likeness (QED) is 0.848. The Labute approximate surface area is 140 Å². The molecule has 3 rings (SSSR count). The lowest BCUT2D eigenvalue weighted by Gasteiger charge is -2.35. The van der Waals surface area contributed by atoms with Crippen molar-refractivity contribution in [2.75, 3.05) is 31.1 Å². The number of carbonyl (C=O) groups excluding carboxylic acids is 1. The van der Waals surface area contributed by atoms with Crippen molar-refractivity contribution in [3.8, 4) is 0 Å². The summed E-state index contributed by atoms with van der Waals surface area (Å²) in [6, 6.07) is 4.76. The van der Waals surface area contributed by atoms with E-state index in [0.717, 1.165) is 17.3 Å². The summed E-state index contributed by atoms with van der Waals surface area (Å²) in [5.74, 6) is 0.276. The Morgan fingerprint density at radius 1 is 1.21 bits per heavy atom. The first kappa shape index (κ1) is 16.7. The largest absolute Gasteiger partial charge is 0.433 e. The van der Waals surface area contributed by atoms with Gasteiger partial charge < -0.3 is 9.80 Å². The zero-order chi connectivity index (χ0) is 17.2. The molecule has 24 heavy (non-hydrogen) atoms. The van der Waals surface area contributed by atoms with Gasteiger partial charge in [-0.3, -0.25) is 4.79 Å². The first-order valence-electron chi connectivity index (χ1n) is 7.38. The topological polar surface area (TPSA) is 49.3 Å². The van der Waals surface area contributed by atoms with Gasteiger partial charge in [0.2, 0.25) is 5.91 Å². The van der Waals surface area contributed by atoms with Gasteiger partial charge in [0.15, 0.2) is 0 Å². The molecule has 0 N–H and O–H groups in total. The molecule has 0 bridgehead atoms. The molecule has 0 radical (unpaired) electrons. The molecule has 1 fully saturated rings. The second-order valence-corrected chi connectivity index (χ2v) is 6.42. The normalized spacial score (nSPS) is 15.6. The van der Waals surface area contributed by atoms with Crippen molar-refractivity contribution < 1.29 is 18.0 Å². The molecular formula is C15H15F3N4OS. The highest BCUT2D eigenvalue weighted by Gasteiger charge is 2.33. The Balaban J connectivity index is 1.60. The lowest BCUT2D eigenvalue weighted by atomic mass is 10.2. The third kappa shape index (κ3) is 3.84. The minimum atomic E-state index is -4.49. The van der Waals surface area contributed by atoms with Gasteiger partial charge >= 0.3 is 6.18 Å². The van der Waals surface area contributed by atoms with Crippen molar-refractivity contribution in [3.05, 3.63) is 40.5 Å². The number of amides is 1. The van der Waals surface area contributed by atoms with Gasteiger partial charge in [0.05, 0.1) is 6.42 Å². The Morgan fingerprint density at radius 3 is 2.58 bits per heavy atom. The van der Waals surface area contributed by atoms with E-state index < -0.39 is 11.9 Å². The molecule has 3 heterocycles. The van der Waals surface area contributed by atoms with Crippen molar-refractivity contribution in [3.63, 3.8) is 0 Å². The maximum absolute atomic E-state index is 12.7. The Kier molecular flexibility index (Phi) is 4.70. The van der Waals surface area contributed by atoms with Crippen LogP contribution in [0.5, 0.6) is 0 Å². The number of hydrogen-bond donors (Lipinski definition) is 0. The predicted octanol–water partition coefficient (Wildman–Crippen LogP) is 2.45. The van der Waals surface area contributed by atoms with Gasteiger partial charge in [-0.2, -0.15) is 13.2 Å². The fourth-order valence-electron chi connectivity index (χ4n) is 2.53. The molecule has 0 aliphatic carbocycles. The Hall–Kier alpha value is -2.16. The molecule has 9 heteroatoms. The van der Waals surface area contributed by atoms with Crippen LogP contribution in [0.1, 0.15) is 10.6 Å². The number of aromatic nitrogens is 2. The molecule has 1 aliphatic heterocycles. The van der Waals surface area contributed by atoms with Gasteiger partial charge in [0.1, 0.15) is 17.8 Å². The van der Waals surface area contributed by atoms with Crippen molar-refractivity contribution >= 4 is 23.1 Å². The second-order valence-electron chi connectivity index (χ2n) is 5.38. The van der Waals surface area contributed by atoms with E-state index >= 15 is 0 Å². The third-order valence-electron chi connectivity index (χ3n) is 3.81. The number of piperazine rings is 1. The van der Waals surface area contributed by atoms with E-state index in [1.807, 2.05) is 17.5 Å². The van der Waals surface area contributed by atoms with Crippen LogP contribution < -0.4 is 4.90 Å². The number of thiophene rings is 1. The summed E-state index contributed by atoms with van der Waals surface area (Å²) in [6.45, 7) is 1.83. The Morgan fingerprint density at radius 2 is 1.96 bits per heavy atom. The van der Waals surface area contributed by atoms with Crippen LogP contribution in [0.3, 0.4) is 0 Å². The van der Waals surface area contributed by atoms with Crippen LogP contribution >= 0.6 is 11.3 Å².